The first-order valence-electron chi connectivity index (χ1n) is 7.17. The Bertz CT molecular complexity index is 625. The molecule has 0 aliphatic carbocycles. The maximum Gasteiger partial charge on any atom is 0.272 e. The van der Waals surface area contributed by atoms with Crippen molar-refractivity contribution in [3.05, 3.63) is 42.5 Å². The second-order valence-electron chi connectivity index (χ2n) is 5.33. The van der Waals surface area contributed by atoms with Crippen molar-refractivity contribution in [2.45, 2.75) is 25.9 Å². The van der Waals surface area contributed by atoms with Crippen molar-refractivity contribution < 1.29 is 4.79 Å². The summed E-state index contributed by atoms with van der Waals surface area (Å²) in [5.41, 5.74) is 1.30. The molecule has 1 aliphatic rings. The maximum atomic E-state index is 12.7. The lowest BCUT2D eigenvalue weighted by Crippen LogP contribution is -2.57. The first-order chi connectivity index (χ1) is 10.2. The van der Waals surface area contributed by atoms with Crippen LogP contribution in [0.15, 0.2) is 36.8 Å². The molecule has 1 saturated heterocycles. The Morgan fingerprint density at radius 3 is 3.00 bits per heavy atom. The van der Waals surface area contributed by atoms with Crippen LogP contribution in [0.3, 0.4) is 0 Å². The third-order valence-electron chi connectivity index (χ3n) is 4.03. The summed E-state index contributed by atoms with van der Waals surface area (Å²) in [5.74, 6) is -0.0233. The molecule has 2 atom stereocenters. The molecule has 21 heavy (non-hydrogen) atoms. The molecule has 1 N–H and O–H groups in total. The molecule has 3 rings (SSSR count). The number of pyridine rings is 1. The highest BCUT2D eigenvalue weighted by molar-refractivity contribution is 5.93. The minimum absolute atomic E-state index is 0.0233. The van der Waals surface area contributed by atoms with Crippen molar-refractivity contribution >= 4 is 5.91 Å². The fourth-order valence-electron chi connectivity index (χ4n) is 2.59. The lowest BCUT2D eigenvalue weighted by Gasteiger charge is -2.38. The molecular formula is C15H19N5O. The number of aromatic nitrogens is 3. The normalized spacial score (nSPS) is 22.3. The van der Waals surface area contributed by atoms with Crippen LogP contribution in [0.5, 0.6) is 0 Å². The zero-order chi connectivity index (χ0) is 14.8. The van der Waals surface area contributed by atoms with E-state index in [-0.39, 0.29) is 18.0 Å². The first-order valence-corrected chi connectivity index (χ1v) is 7.17. The van der Waals surface area contributed by atoms with Gasteiger partial charge in [0.05, 0.1) is 5.69 Å². The van der Waals surface area contributed by atoms with Gasteiger partial charge in [-0.25, -0.2) is 4.68 Å². The standard InChI is InChI=1S/C15H19N5O/c1-11-12(2)19(9-7-16-11)15(21)14-10-13(4-6-17-14)20-8-3-5-18-20/h3-6,8,10-12,16H,7,9H2,1-2H3. The van der Waals surface area contributed by atoms with Gasteiger partial charge in [0.2, 0.25) is 0 Å². The fourth-order valence-corrected chi connectivity index (χ4v) is 2.59. The summed E-state index contributed by atoms with van der Waals surface area (Å²) < 4.78 is 1.72. The molecule has 0 bridgehead atoms. The molecule has 6 heteroatoms. The fraction of sp³-hybridized carbons (Fsp3) is 0.400. The molecular weight excluding hydrogens is 266 g/mol. The van der Waals surface area contributed by atoms with E-state index < -0.39 is 0 Å². The summed E-state index contributed by atoms with van der Waals surface area (Å²) in [4.78, 5) is 18.8. The lowest BCUT2D eigenvalue weighted by molar-refractivity contribution is 0.0597. The number of amides is 1. The molecule has 1 fully saturated rings. The number of hydrogen-bond acceptors (Lipinski definition) is 4. The SMILES string of the molecule is CC1NCCN(C(=O)c2cc(-n3cccn3)ccn2)C1C. The van der Waals surface area contributed by atoms with Crippen LogP contribution in [0, 0.1) is 0 Å². The van der Waals surface area contributed by atoms with E-state index >= 15 is 0 Å². The zero-order valence-electron chi connectivity index (χ0n) is 12.2. The topological polar surface area (TPSA) is 63.1 Å². The molecule has 0 spiro atoms. The average molecular weight is 285 g/mol. The molecule has 2 aromatic heterocycles. The van der Waals surface area contributed by atoms with Crippen LogP contribution in [0.4, 0.5) is 0 Å². The number of hydrogen-bond donors (Lipinski definition) is 1. The van der Waals surface area contributed by atoms with Crippen molar-refractivity contribution in [1.82, 2.24) is 25.0 Å². The van der Waals surface area contributed by atoms with Gasteiger partial charge in [0.15, 0.2) is 0 Å². The molecule has 2 aromatic rings. The van der Waals surface area contributed by atoms with Gasteiger partial charge in [-0.3, -0.25) is 9.78 Å². The Balaban J connectivity index is 1.86. The first kappa shape index (κ1) is 13.8. The van der Waals surface area contributed by atoms with Crippen LogP contribution in [-0.4, -0.2) is 50.7 Å². The van der Waals surface area contributed by atoms with Crippen LogP contribution in [-0.2, 0) is 0 Å². The van der Waals surface area contributed by atoms with Crippen molar-refractivity contribution in [3.63, 3.8) is 0 Å². The third kappa shape index (κ3) is 2.67. The lowest BCUT2D eigenvalue weighted by atomic mass is 10.1. The van der Waals surface area contributed by atoms with E-state index in [9.17, 15) is 4.79 Å². The predicted octanol–water partition coefficient (Wildman–Crippen LogP) is 1.09. The van der Waals surface area contributed by atoms with Crippen molar-refractivity contribution in [3.8, 4) is 5.69 Å². The third-order valence-corrected chi connectivity index (χ3v) is 4.03. The highest BCUT2D eigenvalue weighted by Gasteiger charge is 2.29. The second kappa shape index (κ2) is 5.65. The number of carbonyl (C=O) groups excluding carboxylic acids is 1. The Labute approximate surface area is 123 Å². The summed E-state index contributed by atoms with van der Waals surface area (Å²) in [6.07, 6.45) is 5.21. The molecule has 3 heterocycles. The van der Waals surface area contributed by atoms with Crippen molar-refractivity contribution in [2.24, 2.45) is 0 Å². The van der Waals surface area contributed by atoms with Crippen LogP contribution in [0.2, 0.25) is 0 Å². The van der Waals surface area contributed by atoms with E-state index in [1.165, 1.54) is 0 Å². The minimum atomic E-state index is -0.0233. The van der Waals surface area contributed by atoms with Crippen LogP contribution in [0.1, 0.15) is 24.3 Å². The van der Waals surface area contributed by atoms with E-state index in [2.05, 4.69) is 29.2 Å². The van der Waals surface area contributed by atoms with Crippen LogP contribution >= 0.6 is 0 Å². The maximum absolute atomic E-state index is 12.7. The van der Waals surface area contributed by atoms with Gasteiger partial charge in [-0.2, -0.15) is 5.10 Å². The van der Waals surface area contributed by atoms with Gasteiger partial charge in [-0.05, 0) is 32.0 Å². The number of carbonyl (C=O) groups is 1. The van der Waals surface area contributed by atoms with Crippen LogP contribution < -0.4 is 5.32 Å². The highest BCUT2D eigenvalue weighted by atomic mass is 16.2. The second-order valence-corrected chi connectivity index (χ2v) is 5.33. The average Bonchev–Trinajstić information content (AvgIpc) is 3.04. The molecule has 2 unspecified atom stereocenters. The van der Waals surface area contributed by atoms with E-state index in [1.807, 2.05) is 23.2 Å². The molecule has 0 radical (unpaired) electrons. The van der Waals surface area contributed by atoms with Gasteiger partial charge in [0, 0.05) is 43.8 Å². The molecule has 1 aliphatic heterocycles. The number of rotatable bonds is 2. The van der Waals surface area contributed by atoms with Gasteiger partial charge >= 0.3 is 0 Å². The number of nitrogens with zero attached hydrogens (tertiary/aromatic N) is 4. The summed E-state index contributed by atoms with van der Waals surface area (Å²) >= 11 is 0. The molecule has 0 aromatic carbocycles. The molecule has 0 saturated carbocycles. The van der Waals surface area contributed by atoms with E-state index in [4.69, 9.17) is 0 Å². The Kier molecular flexibility index (Phi) is 3.70. The Morgan fingerprint density at radius 1 is 1.38 bits per heavy atom. The van der Waals surface area contributed by atoms with Crippen molar-refractivity contribution in [1.29, 1.82) is 0 Å². The quantitative estimate of drug-likeness (QED) is 0.897. The molecule has 110 valence electrons. The molecule has 1 amide bonds. The van der Waals surface area contributed by atoms with Gasteiger partial charge in [-0.15, -0.1) is 0 Å². The van der Waals surface area contributed by atoms with E-state index in [0.29, 0.717) is 12.2 Å². The van der Waals surface area contributed by atoms with E-state index in [0.717, 1.165) is 12.2 Å². The van der Waals surface area contributed by atoms with Crippen molar-refractivity contribution in [2.75, 3.05) is 13.1 Å². The monoisotopic (exact) mass is 285 g/mol. The Hall–Kier alpha value is -2.21. The smallest absolute Gasteiger partial charge is 0.272 e. The minimum Gasteiger partial charge on any atom is -0.332 e. The summed E-state index contributed by atoms with van der Waals surface area (Å²) in [5, 5.41) is 7.55. The van der Waals surface area contributed by atoms with E-state index in [1.54, 1.807) is 23.1 Å². The predicted molar refractivity (Wildman–Crippen MR) is 79.3 cm³/mol. The van der Waals surface area contributed by atoms with Gasteiger partial charge in [0.1, 0.15) is 5.69 Å². The Morgan fingerprint density at radius 2 is 2.24 bits per heavy atom. The summed E-state index contributed by atoms with van der Waals surface area (Å²) in [7, 11) is 0. The molecule has 6 nitrogen and oxygen atoms in total. The number of nitrogens with one attached hydrogen (secondary N) is 1. The van der Waals surface area contributed by atoms with Gasteiger partial charge in [0.25, 0.3) is 5.91 Å². The highest BCUT2D eigenvalue weighted by Crippen LogP contribution is 2.14. The van der Waals surface area contributed by atoms with Gasteiger partial charge in [-0.1, -0.05) is 0 Å². The largest absolute Gasteiger partial charge is 0.332 e. The van der Waals surface area contributed by atoms with Gasteiger partial charge < -0.3 is 10.2 Å². The zero-order valence-corrected chi connectivity index (χ0v) is 12.2. The summed E-state index contributed by atoms with van der Waals surface area (Å²) in [6, 6.07) is 5.92. The van der Waals surface area contributed by atoms with Crippen LogP contribution in [0.25, 0.3) is 5.69 Å². The number of piperazine rings is 1. The summed E-state index contributed by atoms with van der Waals surface area (Å²) in [6.45, 7) is 5.68.